The second-order valence-corrected chi connectivity index (χ2v) is 4.53. The van der Waals surface area contributed by atoms with E-state index in [0.29, 0.717) is 22.3 Å². The van der Waals surface area contributed by atoms with Gasteiger partial charge in [-0.2, -0.15) is 0 Å². The van der Waals surface area contributed by atoms with Gasteiger partial charge in [0.05, 0.1) is 0 Å². The Morgan fingerprint density at radius 1 is 0.600 bits per heavy atom. The molecule has 0 spiro atoms. The van der Waals surface area contributed by atoms with Gasteiger partial charge < -0.3 is 0 Å². The van der Waals surface area contributed by atoms with E-state index in [1.165, 1.54) is 13.8 Å². The molecule has 2 rings (SSSR count). The Morgan fingerprint density at radius 2 is 0.900 bits per heavy atom. The maximum atomic E-state index is 12.6. The van der Waals surface area contributed by atoms with E-state index >= 15 is 0 Å². The molecule has 0 radical (unpaired) electrons. The van der Waals surface area contributed by atoms with Gasteiger partial charge in [-0.15, -0.1) is 0 Å². The SMILES string of the molecule is CC(=O)c1ccccc1C(=O)c1ccccc1C(C)=O. The zero-order chi connectivity index (χ0) is 14.7. The number of carbonyl (C=O) groups is 3. The summed E-state index contributed by atoms with van der Waals surface area (Å²) in [4.78, 5) is 35.8. The van der Waals surface area contributed by atoms with E-state index in [-0.39, 0.29) is 17.3 Å². The van der Waals surface area contributed by atoms with Crippen LogP contribution in [0, 0.1) is 0 Å². The van der Waals surface area contributed by atoms with Gasteiger partial charge in [0.15, 0.2) is 17.3 Å². The van der Waals surface area contributed by atoms with Gasteiger partial charge in [0.2, 0.25) is 0 Å². The van der Waals surface area contributed by atoms with E-state index < -0.39 is 0 Å². The van der Waals surface area contributed by atoms with Gasteiger partial charge in [0.25, 0.3) is 0 Å². The lowest BCUT2D eigenvalue weighted by molar-refractivity contribution is 0.0982. The maximum absolute atomic E-state index is 12.6. The molecule has 3 nitrogen and oxygen atoms in total. The van der Waals surface area contributed by atoms with E-state index in [2.05, 4.69) is 0 Å². The minimum Gasteiger partial charge on any atom is -0.294 e. The van der Waals surface area contributed by atoms with Crippen LogP contribution in [-0.4, -0.2) is 17.3 Å². The first-order valence-electron chi connectivity index (χ1n) is 6.27. The van der Waals surface area contributed by atoms with Crippen molar-refractivity contribution in [3.8, 4) is 0 Å². The van der Waals surface area contributed by atoms with E-state index in [1.54, 1.807) is 48.5 Å². The normalized spacial score (nSPS) is 10.1. The number of benzene rings is 2. The molecule has 20 heavy (non-hydrogen) atoms. The molecule has 0 aliphatic rings. The molecular formula is C17H14O3. The van der Waals surface area contributed by atoms with Gasteiger partial charge in [0.1, 0.15) is 0 Å². The van der Waals surface area contributed by atoms with Crippen LogP contribution in [0.25, 0.3) is 0 Å². The van der Waals surface area contributed by atoms with Gasteiger partial charge in [0, 0.05) is 22.3 Å². The number of Topliss-reactive ketones (excluding diaryl/α,β-unsaturated/α-hetero) is 2. The third kappa shape index (κ3) is 2.57. The standard InChI is InChI=1S/C17H14O3/c1-11(18)13-7-3-5-9-15(13)17(20)16-10-6-4-8-14(16)12(2)19/h3-10H,1-2H3. The average Bonchev–Trinajstić information content (AvgIpc) is 2.46. The van der Waals surface area contributed by atoms with Crippen molar-refractivity contribution in [3.05, 3.63) is 70.8 Å². The third-order valence-electron chi connectivity index (χ3n) is 3.10. The van der Waals surface area contributed by atoms with Gasteiger partial charge in [-0.1, -0.05) is 48.5 Å². The van der Waals surface area contributed by atoms with E-state index in [4.69, 9.17) is 0 Å². The summed E-state index contributed by atoms with van der Waals surface area (Å²) in [6.45, 7) is 2.84. The van der Waals surface area contributed by atoms with Crippen molar-refractivity contribution in [1.82, 2.24) is 0 Å². The summed E-state index contributed by atoms with van der Waals surface area (Å²) >= 11 is 0. The molecule has 2 aromatic carbocycles. The first-order valence-corrected chi connectivity index (χ1v) is 6.27. The van der Waals surface area contributed by atoms with Crippen molar-refractivity contribution in [3.63, 3.8) is 0 Å². The molecule has 0 unspecified atom stereocenters. The highest BCUT2D eigenvalue weighted by Crippen LogP contribution is 2.18. The molecule has 2 aromatic rings. The van der Waals surface area contributed by atoms with Crippen molar-refractivity contribution in [2.24, 2.45) is 0 Å². The maximum Gasteiger partial charge on any atom is 0.194 e. The molecule has 3 heteroatoms. The molecule has 0 saturated carbocycles. The fourth-order valence-electron chi connectivity index (χ4n) is 2.12. The minimum atomic E-state index is -0.304. The van der Waals surface area contributed by atoms with Crippen molar-refractivity contribution in [2.75, 3.05) is 0 Å². The molecule has 0 aromatic heterocycles. The van der Waals surface area contributed by atoms with Crippen LogP contribution in [0.5, 0.6) is 0 Å². The van der Waals surface area contributed by atoms with Gasteiger partial charge in [-0.05, 0) is 13.8 Å². The summed E-state index contributed by atoms with van der Waals surface area (Å²) in [5, 5.41) is 0. The fraction of sp³-hybridized carbons (Fsp3) is 0.118. The Balaban J connectivity index is 2.59. The number of hydrogen-bond donors (Lipinski definition) is 0. The van der Waals surface area contributed by atoms with Gasteiger partial charge >= 0.3 is 0 Å². The predicted octanol–water partition coefficient (Wildman–Crippen LogP) is 3.32. The Labute approximate surface area is 117 Å². The lowest BCUT2D eigenvalue weighted by Gasteiger charge is -2.08. The summed E-state index contributed by atoms with van der Waals surface area (Å²) in [5.41, 5.74) is 1.40. The topological polar surface area (TPSA) is 51.2 Å². The number of carbonyl (C=O) groups excluding carboxylic acids is 3. The molecule has 0 aliphatic heterocycles. The Morgan fingerprint density at radius 3 is 1.20 bits per heavy atom. The first kappa shape index (κ1) is 13.9. The molecule has 0 heterocycles. The van der Waals surface area contributed by atoms with Crippen molar-refractivity contribution in [1.29, 1.82) is 0 Å². The molecule has 0 fully saturated rings. The predicted molar refractivity (Wildman–Crippen MR) is 76.3 cm³/mol. The van der Waals surface area contributed by atoms with Crippen LogP contribution < -0.4 is 0 Å². The van der Waals surface area contributed by atoms with Crippen molar-refractivity contribution >= 4 is 17.3 Å². The molecule has 0 N–H and O–H groups in total. The fourth-order valence-corrected chi connectivity index (χ4v) is 2.12. The molecule has 0 aliphatic carbocycles. The summed E-state index contributed by atoms with van der Waals surface area (Å²) in [5.74, 6) is -0.648. The molecule has 0 atom stereocenters. The lowest BCUT2D eigenvalue weighted by Crippen LogP contribution is -2.11. The van der Waals surface area contributed by atoms with Crippen LogP contribution in [0.15, 0.2) is 48.5 Å². The highest BCUT2D eigenvalue weighted by atomic mass is 16.1. The Bertz CT molecular complexity index is 639. The summed E-state index contributed by atoms with van der Waals surface area (Å²) < 4.78 is 0. The summed E-state index contributed by atoms with van der Waals surface area (Å²) in [6, 6.07) is 13.3. The zero-order valence-corrected chi connectivity index (χ0v) is 11.3. The largest absolute Gasteiger partial charge is 0.294 e. The number of hydrogen-bond acceptors (Lipinski definition) is 3. The van der Waals surface area contributed by atoms with E-state index in [0.717, 1.165) is 0 Å². The molecular weight excluding hydrogens is 252 g/mol. The van der Waals surface area contributed by atoms with Crippen LogP contribution in [-0.2, 0) is 0 Å². The monoisotopic (exact) mass is 266 g/mol. The highest BCUT2D eigenvalue weighted by molar-refractivity contribution is 6.19. The van der Waals surface area contributed by atoms with E-state index in [1.807, 2.05) is 0 Å². The first-order chi connectivity index (χ1) is 9.52. The zero-order valence-electron chi connectivity index (χ0n) is 11.3. The molecule has 0 bridgehead atoms. The average molecular weight is 266 g/mol. The van der Waals surface area contributed by atoms with Crippen molar-refractivity contribution in [2.45, 2.75) is 13.8 Å². The highest BCUT2D eigenvalue weighted by Gasteiger charge is 2.19. The molecule has 0 saturated heterocycles. The van der Waals surface area contributed by atoms with Crippen molar-refractivity contribution < 1.29 is 14.4 Å². The molecule has 0 amide bonds. The second kappa shape index (κ2) is 5.61. The lowest BCUT2D eigenvalue weighted by atomic mass is 9.93. The summed E-state index contributed by atoms with van der Waals surface area (Å²) in [7, 11) is 0. The van der Waals surface area contributed by atoms with Crippen LogP contribution in [0.3, 0.4) is 0 Å². The Hall–Kier alpha value is -2.55. The second-order valence-electron chi connectivity index (χ2n) is 4.53. The smallest absolute Gasteiger partial charge is 0.194 e. The van der Waals surface area contributed by atoms with Crippen LogP contribution in [0.1, 0.15) is 50.5 Å². The van der Waals surface area contributed by atoms with Crippen LogP contribution >= 0.6 is 0 Å². The van der Waals surface area contributed by atoms with Gasteiger partial charge in [-0.3, -0.25) is 14.4 Å². The van der Waals surface area contributed by atoms with Crippen LogP contribution in [0.4, 0.5) is 0 Å². The minimum absolute atomic E-state index is 0.172. The molecule has 100 valence electrons. The van der Waals surface area contributed by atoms with Crippen LogP contribution in [0.2, 0.25) is 0 Å². The number of ketones is 3. The quantitative estimate of drug-likeness (QED) is 0.798. The summed E-state index contributed by atoms with van der Waals surface area (Å²) in [6.07, 6.45) is 0. The van der Waals surface area contributed by atoms with Gasteiger partial charge in [-0.25, -0.2) is 0 Å². The van der Waals surface area contributed by atoms with E-state index in [9.17, 15) is 14.4 Å². The number of rotatable bonds is 4. The Kier molecular flexibility index (Phi) is 3.89. The third-order valence-corrected chi connectivity index (χ3v) is 3.10.